The molecular weight excluding hydrogens is 238 g/mol. The van der Waals surface area contributed by atoms with Gasteiger partial charge in [-0.1, -0.05) is 36.4 Å². The zero-order valence-corrected chi connectivity index (χ0v) is 10.5. The number of rotatable bonds is 2. The lowest BCUT2D eigenvalue weighted by Crippen LogP contribution is -2.35. The fourth-order valence-electron chi connectivity index (χ4n) is 2.25. The normalized spacial score (nSPS) is 17.2. The molecule has 0 aromatic heterocycles. The Morgan fingerprint density at radius 3 is 2.63 bits per heavy atom. The van der Waals surface area contributed by atoms with Crippen LogP contribution in [0.3, 0.4) is 0 Å². The molecule has 1 N–H and O–H groups in total. The predicted octanol–water partition coefficient (Wildman–Crippen LogP) is 3.02. The Morgan fingerprint density at radius 1 is 1.05 bits per heavy atom. The van der Waals surface area contributed by atoms with Crippen LogP contribution < -0.4 is 10.1 Å². The maximum atomic E-state index is 12.1. The van der Waals surface area contributed by atoms with E-state index in [1.807, 2.05) is 54.6 Å². The van der Waals surface area contributed by atoms with Crippen LogP contribution in [0.2, 0.25) is 0 Å². The van der Waals surface area contributed by atoms with Gasteiger partial charge in [-0.3, -0.25) is 4.79 Å². The minimum absolute atomic E-state index is 0.0827. The topological polar surface area (TPSA) is 38.3 Å². The standard InChI is InChI=1S/C16H15NO2/c18-16(17-13-7-2-1-3-8-13)15-11-10-12-6-4-5-9-14(12)19-15/h1-9,15H,10-11H2,(H,17,18). The van der Waals surface area contributed by atoms with Crippen molar-refractivity contribution in [2.24, 2.45) is 0 Å². The number of nitrogens with one attached hydrogen (secondary N) is 1. The molecule has 19 heavy (non-hydrogen) atoms. The summed E-state index contributed by atoms with van der Waals surface area (Å²) in [7, 11) is 0. The van der Waals surface area contributed by atoms with Gasteiger partial charge in [0, 0.05) is 5.69 Å². The van der Waals surface area contributed by atoms with Crippen molar-refractivity contribution in [3.63, 3.8) is 0 Å². The van der Waals surface area contributed by atoms with E-state index in [2.05, 4.69) is 5.32 Å². The van der Waals surface area contributed by atoms with Gasteiger partial charge in [0.1, 0.15) is 5.75 Å². The van der Waals surface area contributed by atoms with Gasteiger partial charge in [0.15, 0.2) is 6.10 Å². The molecule has 3 rings (SSSR count). The van der Waals surface area contributed by atoms with Crippen LogP contribution in [0.1, 0.15) is 12.0 Å². The number of para-hydroxylation sites is 2. The number of hydrogen-bond donors (Lipinski definition) is 1. The Morgan fingerprint density at radius 2 is 1.79 bits per heavy atom. The Hall–Kier alpha value is -2.29. The minimum Gasteiger partial charge on any atom is -0.480 e. The lowest BCUT2D eigenvalue weighted by molar-refractivity contribution is -0.123. The highest BCUT2D eigenvalue weighted by Gasteiger charge is 2.25. The summed E-state index contributed by atoms with van der Waals surface area (Å²) < 4.78 is 5.75. The fourth-order valence-corrected chi connectivity index (χ4v) is 2.25. The second-order valence-electron chi connectivity index (χ2n) is 4.61. The number of aryl methyl sites for hydroxylation is 1. The molecule has 1 heterocycles. The third-order valence-corrected chi connectivity index (χ3v) is 3.25. The minimum atomic E-state index is -0.407. The van der Waals surface area contributed by atoms with E-state index in [1.165, 1.54) is 5.56 Å². The van der Waals surface area contributed by atoms with Gasteiger partial charge in [-0.05, 0) is 36.6 Å². The van der Waals surface area contributed by atoms with E-state index in [0.717, 1.165) is 24.3 Å². The highest BCUT2D eigenvalue weighted by atomic mass is 16.5. The smallest absolute Gasteiger partial charge is 0.265 e. The average molecular weight is 253 g/mol. The first-order valence-corrected chi connectivity index (χ1v) is 6.43. The van der Waals surface area contributed by atoms with E-state index >= 15 is 0 Å². The van der Waals surface area contributed by atoms with Gasteiger partial charge in [0.25, 0.3) is 5.91 Å². The zero-order chi connectivity index (χ0) is 13.1. The Bertz CT molecular complexity index is 580. The molecule has 1 amide bonds. The molecule has 1 aliphatic heterocycles. The van der Waals surface area contributed by atoms with Gasteiger partial charge >= 0.3 is 0 Å². The summed E-state index contributed by atoms with van der Waals surface area (Å²) in [6.45, 7) is 0. The summed E-state index contributed by atoms with van der Waals surface area (Å²) in [6.07, 6.45) is 1.19. The van der Waals surface area contributed by atoms with Crippen molar-refractivity contribution in [1.82, 2.24) is 0 Å². The van der Waals surface area contributed by atoms with E-state index in [4.69, 9.17) is 4.74 Å². The Labute approximate surface area is 112 Å². The van der Waals surface area contributed by atoms with Crippen molar-refractivity contribution >= 4 is 11.6 Å². The monoisotopic (exact) mass is 253 g/mol. The van der Waals surface area contributed by atoms with Gasteiger partial charge in [-0.25, -0.2) is 0 Å². The molecule has 2 aromatic rings. The van der Waals surface area contributed by atoms with Gasteiger partial charge in [-0.15, -0.1) is 0 Å². The summed E-state index contributed by atoms with van der Waals surface area (Å²) in [5, 5.41) is 2.88. The van der Waals surface area contributed by atoms with Crippen molar-refractivity contribution in [3.05, 3.63) is 60.2 Å². The van der Waals surface area contributed by atoms with E-state index in [1.54, 1.807) is 0 Å². The van der Waals surface area contributed by atoms with Crippen LogP contribution in [0.25, 0.3) is 0 Å². The predicted molar refractivity (Wildman–Crippen MR) is 74.3 cm³/mol. The summed E-state index contributed by atoms with van der Waals surface area (Å²) >= 11 is 0. The first-order chi connectivity index (χ1) is 9.33. The van der Waals surface area contributed by atoms with Gasteiger partial charge in [0.05, 0.1) is 0 Å². The fraction of sp³-hybridized carbons (Fsp3) is 0.188. The number of ether oxygens (including phenoxy) is 1. The molecule has 3 nitrogen and oxygen atoms in total. The molecule has 96 valence electrons. The van der Waals surface area contributed by atoms with Crippen LogP contribution in [-0.4, -0.2) is 12.0 Å². The van der Waals surface area contributed by atoms with E-state index in [9.17, 15) is 4.79 Å². The third-order valence-electron chi connectivity index (χ3n) is 3.25. The molecule has 0 bridgehead atoms. The largest absolute Gasteiger partial charge is 0.480 e. The molecule has 1 aliphatic rings. The molecule has 0 spiro atoms. The number of hydrogen-bond acceptors (Lipinski definition) is 2. The molecule has 3 heteroatoms. The molecule has 0 radical (unpaired) electrons. The molecule has 0 saturated carbocycles. The maximum Gasteiger partial charge on any atom is 0.265 e. The summed E-state index contributed by atoms with van der Waals surface area (Å²) in [5.74, 6) is 0.739. The Balaban J connectivity index is 1.70. The van der Waals surface area contributed by atoms with Gasteiger partial charge < -0.3 is 10.1 Å². The van der Waals surface area contributed by atoms with E-state index < -0.39 is 6.10 Å². The maximum absolute atomic E-state index is 12.1. The Kier molecular flexibility index (Phi) is 3.19. The van der Waals surface area contributed by atoms with Crippen molar-refractivity contribution in [2.45, 2.75) is 18.9 Å². The first kappa shape index (κ1) is 11.8. The van der Waals surface area contributed by atoms with Crippen molar-refractivity contribution < 1.29 is 9.53 Å². The van der Waals surface area contributed by atoms with Crippen LogP contribution in [0.4, 0.5) is 5.69 Å². The third kappa shape index (κ3) is 2.60. The summed E-state index contributed by atoms with van der Waals surface area (Å²) in [5.41, 5.74) is 1.97. The lowest BCUT2D eigenvalue weighted by Gasteiger charge is -2.25. The molecular formula is C16H15NO2. The molecule has 2 aromatic carbocycles. The molecule has 1 unspecified atom stereocenters. The number of benzene rings is 2. The summed E-state index contributed by atoms with van der Waals surface area (Å²) in [6, 6.07) is 17.3. The number of fused-ring (bicyclic) bond motifs is 1. The molecule has 0 saturated heterocycles. The second-order valence-corrected chi connectivity index (χ2v) is 4.61. The number of amides is 1. The van der Waals surface area contributed by atoms with Crippen molar-refractivity contribution in [1.29, 1.82) is 0 Å². The lowest BCUT2D eigenvalue weighted by atomic mass is 10.0. The second kappa shape index (κ2) is 5.14. The molecule has 1 atom stereocenters. The van der Waals surface area contributed by atoms with Crippen molar-refractivity contribution in [2.75, 3.05) is 5.32 Å². The average Bonchev–Trinajstić information content (AvgIpc) is 2.48. The SMILES string of the molecule is O=C(Nc1ccccc1)C1CCc2ccccc2O1. The van der Waals surface area contributed by atoms with E-state index in [-0.39, 0.29) is 5.91 Å². The number of carbonyl (C=O) groups is 1. The molecule has 0 fully saturated rings. The number of carbonyl (C=O) groups excluding carboxylic acids is 1. The summed E-state index contributed by atoms with van der Waals surface area (Å²) in [4.78, 5) is 12.1. The highest BCUT2D eigenvalue weighted by Crippen LogP contribution is 2.27. The van der Waals surface area contributed by atoms with Crippen molar-refractivity contribution in [3.8, 4) is 5.75 Å². The van der Waals surface area contributed by atoms with Crippen LogP contribution in [-0.2, 0) is 11.2 Å². The van der Waals surface area contributed by atoms with E-state index in [0.29, 0.717) is 0 Å². The first-order valence-electron chi connectivity index (χ1n) is 6.43. The van der Waals surface area contributed by atoms with Gasteiger partial charge in [0.2, 0.25) is 0 Å². The highest BCUT2D eigenvalue weighted by molar-refractivity contribution is 5.94. The van der Waals surface area contributed by atoms with Crippen LogP contribution >= 0.6 is 0 Å². The number of anilines is 1. The van der Waals surface area contributed by atoms with Crippen LogP contribution in [0.15, 0.2) is 54.6 Å². The van der Waals surface area contributed by atoms with Crippen LogP contribution in [0, 0.1) is 0 Å². The zero-order valence-electron chi connectivity index (χ0n) is 10.5. The van der Waals surface area contributed by atoms with Gasteiger partial charge in [-0.2, -0.15) is 0 Å². The quantitative estimate of drug-likeness (QED) is 0.893. The molecule has 0 aliphatic carbocycles. The van der Waals surface area contributed by atoms with Crippen LogP contribution in [0.5, 0.6) is 5.75 Å².